The van der Waals surface area contributed by atoms with Gasteiger partial charge in [-0.2, -0.15) is 0 Å². The number of carbonyl (C=O) groups excluding carboxylic acids is 2. The van der Waals surface area contributed by atoms with E-state index < -0.39 is 50.2 Å². The monoisotopic (exact) mass is 922 g/mol. The van der Waals surface area contributed by atoms with Gasteiger partial charge in [0.05, 0.1) is 76.1 Å². The van der Waals surface area contributed by atoms with Gasteiger partial charge in [0.25, 0.3) is 0 Å². The number of ketones is 2. The van der Waals surface area contributed by atoms with Gasteiger partial charge in [-0.05, 0) is 67.2 Å². The molecule has 3 aliphatic heterocycles. The minimum Gasteiger partial charge on any atom is -0.497 e. The van der Waals surface area contributed by atoms with Crippen LogP contribution in [-0.2, 0) is 67.0 Å². The van der Waals surface area contributed by atoms with Crippen LogP contribution in [0.5, 0.6) is 5.75 Å². The highest BCUT2D eigenvalue weighted by Gasteiger charge is 2.56. The second-order valence-corrected chi connectivity index (χ2v) is 23.2. The van der Waals surface area contributed by atoms with E-state index in [9.17, 15) is 9.59 Å². The summed E-state index contributed by atoms with van der Waals surface area (Å²) in [5.74, 6) is 0.161. The van der Waals surface area contributed by atoms with E-state index >= 15 is 0 Å². The minimum absolute atomic E-state index is 0.0605. The molecule has 0 unspecified atom stereocenters. The summed E-state index contributed by atoms with van der Waals surface area (Å²) in [5, 5.41) is 0. The lowest BCUT2D eigenvalue weighted by molar-refractivity contribution is -0.312. The van der Waals surface area contributed by atoms with Gasteiger partial charge in [0.2, 0.25) is 0 Å². The van der Waals surface area contributed by atoms with Crippen LogP contribution >= 0.6 is 0 Å². The molecule has 0 radical (unpaired) electrons. The summed E-state index contributed by atoms with van der Waals surface area (Å²) >= 11 is 0. The summed E-state index contributed by atoms with van der Waals surface area (Å²) in [6.45, 7) is 12.0. The van der Waals surface area contributed by atoms with E-state index in [1.807, 2.05) is 122 Å². The van der Waals surface area contributed by atoms with Crippen LogP contribution in [0.1, 0.15) is 95.3 Å². The molecule has 3 fully saturated rings. The number of hydrogen-bond acceptors (Lipinski definition) is 11. The molecule has 0 amide bonds. The fourth-order valence-corrected chi connectivity index (χ4v) is 12.5. The van der Waals surface area contributed by atoms with Gasteiger partial charge in [-0.1, -0.05) is 124 Å². The Bertz CT molecular complexity index is 2090. The number of ether oxygens (including phenoxy) is 8. The van der Waals surface area contributed by atoms with Gasteiger partial charge >= 0.3 is 0 Å². The third kappa shape index (κ3) is 12.5. The second kappa shape index (κ2) is 23.3. The van der Waals surface area contributed by atoms with Crippen molar-refractivity contribution in [3.05, 3.63) is 138 Å². The molecule has 3 heterocycles. The largest absolute Gasteiger partial charge is 0.497 e. The van der Waals surface area contributed by atoms with Crippen LogP contribution in [0, 0.1) is 0 Å². The van der Waals surface area contributed by atoms with Crippen LogP contribution in [-0.4, -0.2) is 88.0 Å². The quantitative estimate of drug-likeness (QED) is 0.0402. The highest BCUT2D eigenvalue weighted by atomic mass is 28.4. The molecule has 11 nitrogen and oxygen atoms in total. The molecular formula is C54H70O11Si. The third-order valence-corrected chi connectivity index (χ3v) is 18.6. The summed E-state index contributed by atoms with van der Waals surface area (Å²) in [6.07, 6.45) is -2.35. The molecule has 9 atom stereocenters. The topological polar surface area (TPSA) is 117 Å². The van der Waals surface area contributed by atoms with Gasteiger partial charge in [0, 0.05) is 31.4 Å². The lowest BCUT2D eigenvalue weighted by atomic mass is 9.80. The molecule has 0 aliphatic carbocycles. The number of carbonyl (C=O) groups is 2. The molecule has 0 saturated carbocycles. The minimum atomic E-state index is -2.26. The molecule has 3 saturated heterocycles. The Morgan fingerprint density at radius 2 is 1.30 bits per heavy atom. The molecule has 0 bridgehead atoms. The van der Waals surface area contributed by atoms with E-state index in [1.54, 1.807) is 14.0 Å². The first-order chi connectivity index (χ1) is 32.0. The van der Waals surface area contributed by atoms with E-state index in [4.69, 9.17) is 42.3 Å². The maximum atomic E-state index is 14.9. The Morgan fingerprint density at radius 3 is 1.94 bits per heavy atom. The van der Waals surface area contributed by atoms with E-state index in [-0.39, 0.29) is 49.8 Å². The van der Waals surface area contributed by atoms with Crippen molar-refractivity contribution >= 4 is 19.9 Å². The predicted molar refractivity (Wildman–Crippen MR) is 254 cm³/mol. The van der Waals surface area contributed by atoms with Gasteiger partial charge in [0.15, 0.2) is 20.4 Å². The Labute approximate surface area is 392 Å². The molecule has 4 aromatic carbocycles. The summed E-state index contributed by atoms with van der Waals surface area (Å²) in [6, 6.07) is 40.4. The zero-order valence-electron chi connectivity index (χ0n) is 39.7. The van der Waals surface area contributed by atoms with Crippen LogP contribution in [0.25, 0.3) is 0 Å². The molecule has 0 spiro atoms. The standard InChI is InChI=1S/C54H70O11Si/c1-7-66(8-2,9-3)65-51-33-47-48(38-61-52(62-47)42-23-17-12-18-24-42)64-54(51,5)49(56)31-43(55)34-53(4)50(60-37-41-25-27-44(57-6)28-26-41)32-46(59-36-40-21-15-11-16-22-40)45(63-53)29-30-58-35-39-19-13-10-14-20-39/h10-28,45-48,50-52H,7-9,29-38H2,1-6H3/t45-,46+,47-,48+,50-,51+,52+,53+,54-/m0/s1. The zero-order valence-corrected chi connectivity index (χ0v) is 40.7. The molecule has 7 rings (SSSR count). The van der Waals surface area contributed by atoms with Gasteiger partial charge in [-0.15, -0.1) is 0 Å². The number of benzene rings is 4. The lowest BCUT2D eigenvalue weighted by Gasteiger charge is -2.51. The first kappa shape index (κ1) is 49.8. The maximum Gasteiger partial charge on any atom is 0.192 e. The molecule has 0 aromatic heterocycles. The number of rotatable bonds is 23. The Balaban J connectivity index is 1.11. The van der Waals surface area contributed by atoms with E-state index in [0.717, 1.165) is 46.1 Å². The van der Waals surface area contributed by atoms with Crippen molar-refractivity contribution in [3.63, 3.8) is 0 Å². The molecule has 0 N–H and O–H groups in total. The molecule has 66 heavy (non-hydrogen) atoms. The first-order valence-corrected chi connectivity index (χ1v) is 26.4. The number of Topliss-reactive ketones (excluding diaryl/α,β-unsaturated/α-hetero) is 2. The maximum absolute atomic E-state index is 14.9. The number of methoxy groups -OCH3 is 1. The molecule has 12 heteroatoms. The summed E-state index contributed by atoms with van der Waals surface area (Å²) in [5.41, 5.74) is 1.47. The van der Waals surface area contributed by atoms with Gasteiger partial charge in [0.1, 0.15) is 23.2 Å². The summed E-state index contributed by atoms with van der Waals surface area (Å²) < 4.78 is 58.7. The van der Waals surface area contributed by atoms with E-state index in [0.29, 0.717) is 39.1 Å². The summed E-state index contributed by atoms with van der Waals surface area (Å²) in [7, 11) is -0.625. The van der Waals surface area contributed by atoms with Gasteiger partial charge < -0.3 is 42.3 Å². The van der Waals surface area contributed by atoms with Gasteiger partial charge in [-0.3, -0.25) is 9.59 Å². The normalized spacial score (nSPS) is 27.8. The van der Waals surface area contributed by atoms with E-state index in [1.165, 1.54) is 0 Å². The lowest BCUT2D eigenvalue weighted by Crippen LogP contribution is -2.64. The summed E-state index contributed by atoms with van der Waals surface area (Å²) in [4.78, 5) is 29.5. The van der Waals surface area contributed by atoms with Crippen LogP contribution in [0.4, 0.5) is 0 Å². The zero-order chi connectivity index (χ0) is 46.6. The fourth-order valence-electron chi connectivity index (χ4n) is 9.61. The fraction of sp³-hybridized carbons (Fsp3) is 0.519. The average molecular weight is 923 g/mol. The molecular weight excluding hydrogens is 853 g/mol. The van der Waals surface area contributed by atoms with Crippen LogP contribution < -0.4 is 4.74 Å². The van der Waals surface area contributed by atoms with Crippen molar-refractivity contribution in [2.45, 2.75) is 159 Å². The van der Waals surface area contributed by atoms with Crippen LogP contribution in [0.3, 0.4) is 0 Å². The molecule has 356 valence electrons. The van der Waals surface area contributed by atoms with Crippen molar-refractivity contribution in [3.8, 4) is 5.75 Å². The molecule has 3 aliphatic rings. The number of fused-ring (bicyclic) bond motifs is 1. The Hall–Kier alpha value is -4.08. The average Bonchev–Trinajstić information content (AvgIpc) is 3.34. The van der Waals surface area contributed by atoms with Crippen molar-refractivity contribution in [2.75, 3.05) is 20.3 Å². The van der Waals surface area contributed by atoms with Crippen molar-refractivity contribution in [1.82, 2.24) is 0 Å². The number of hydrogen-bond donors (Lipinski definition) is 0. The smallest absolute Gasteiger partial charge is 0.192 e. The first-order valence-electron chi connectivity index (χ1n) is 23.9. The second-order valence-electron chi connectivity index (χ2n) is 18.4. The third-order valence-electron chi connectivity index (χ3n) is 14.0. The highest BCUT2D eigenvalue weighted by Crippen LogP contribution is 2.43. The highest BCUT2D eigenvalue weighted by molar-refractivity contribution is 6.73. The van der Waals surface area contributed by atoms with Crippen LogP contribution in [0.2, 0.25) is 18.1 Å². The van der Waals surface area contributed by atoms with Crippen molar-refractivity contribution in [2.24, 2.45) is 0 Å². The van der Waals surface area contributed by atoms with Gasteiger partial charge in [-0.25, -0.2) is 0 Å². The van der Waals surface area contributed by atoms with E-state index in [2.05, 4.69) is 20.8 Å². The predicted octanol–water partition coefficient (Wildman–Crippen LogP) is 10.3. The SMILES string of the molecule is CC[Si](CC)(CC)O[C@@H]1C[C@@H]2O[C@H](c3ccccc3)OC[C@H]2O[C@@]1(C)C(=O)CC(=O)C[C@@]1(C)O[C@@H](CCOCc2ccccc2)[C@H](OCc2ccccc2)C[C@@H]1OCc1ccc(OC)cc1. The Kier molecular flexibility index (Phi) is 17.6. The van der Waals surface area contributed by atoms with Crippen LogP contribution in [0.15, 0.2) is 115 Å². The van der Waals surface area contributed by atoms with Crippen molar-refractivity contribution < 1.29 is 51.9 Å². The van der Waals surface area contributed by atoms with Crippen molar-refractivity contribution in [1.29, 1.82) is 0 Å². The molecule has 4 aromatic rings. The Morgan fingerprint density at radius 1 is 0.697 bits per heavy atom.